The van der Waals surface area contributed by atoms with E-state index < -0.39 is 11.7 Å². The number of nitrogens with one attached hydrogen (secondary N) is 1. The van der Waals surface area contributed by atoms with Crippen LogP contribution >= 0.6 is 11.6 Å². The molecule has 0 aliphatic heterocycles. The van der Waals surface area contributed by atoms with Crippen molar-refractivity contribution < 1.29 is 14.3 Å². The lowest BCUT2D eigenvalue weighted by Gasteiger charge is -2.07. The first-order valence-electron chi connectivity index (χ1n) is 8.17. The van der Waals surface area contributed by atoms with Crippen molar-refractivity contribution in [2.45, 2.75) is 6.42 Å². The van der Waals surface area contributed by atoms with E-state index in [4.69, 9.17) is 11.6 Å². The lowest BCUT2D eigenvalue weighted by atomic mass is 10.0. The first kappa shape index (κ1) is 18.6. The van der Waals surface area contributed by atoms with Crippen molar-refractivity contribution in [3.8, 4) is 5.75 Å². The molecule has 0 aliphatic carbocycles. The molecule has 3 rings (SSSR count). The van der Waals surface area contributed by atoms with Gasteiger partial charge in [-0.1, -0.05) is 35.9 Å². The van der Waals surface area contributed by atoms with Gasteiger partial charge in [0, 0.05) is 16.1 Å². The van der Waals surface area contributed by atoms with Crippen molar-refractivity contribution in [1.82, 2.24) is 5.43 Å². The Bertz CT molecular complexity index is 988. The summed E-state index contributed by atoms with van der Waals surface area (Å²) < 4.78 is 12.9. The summed E-state index contributed by atoms with van der Waals surface area (Å²) in [6.45, 7) is 0. The zero-order valence-electron chi connectivity index (χ0n) is 14.2. The van der Waals surface area contributed by atoms with E-state index in [1.54, 1.807) is 18.2 Å². The van der Waals surface area contributed by atoms with E-state index in [0.29, 0.717) is 17.0 Å². The molecule has 0 unspecified atom stereocenters. The van der Waals surface area contributed by atoms with Crippen LogP contribution in [-0.2, 0) is 6.42 Å². The molecule has 0 heterocycles. The van der Waals surface area contributed by atoms with E-state index in [9.17, 15) is 14.3 Å². The van der Waals surface area contributed by atoms with Crippen LogP contribution in [0, 0.1) is 5.82 Å². The third kappa shape index (κ3) is 4.92. The maximum Gasteiger partial charge on any atom is 0.271 e. The van der Waals surface area contributed by atoms with Gasteiger partial charge in [0.1, 0.15) is 11.6 Å². The highest BCUT2D eigenvalue weighted by atomic mass is 35.5. The molecule has 4 nitrogen and oxygen atoms in total. The number of carbonyl (C=O) groups is 1. The van der Waals surface area contributed by atoms with Crippen LogP contribution in [0.4, 0.5) is 4.39 Å². The van der Waals surface area contributed by atoms with Crippen molar-refractivity contribution in [2.75, 3.05) is 0 Å². The molecule has 0 aromatic heterocycles. The fourth-order valence-corrected chi connectivity index (χ4v) is 2.71. The van der Waals surface area contributed by atoms with Crippen LogP contribution in [0.3, 0.4) is 0 Å². The van der Waals surface area contributed by atoms with Crippen LogP contribution < -0.4 is 5.43 Å². The number of nitrogens with zero attached hydrogens (tertiary/aromatic N) is 1. The standard InChI is InChI=1S/C21H16ClFN2O2/c22-19-4-2-1-3-16(19)11-14-5-10-20(26)17(12-14)13-24-25-21(27)15-6-8-18(23)9-7-15/h1-10,12-13,26H,11H2,(H,25,27)/b24-13-. The molecule has 0 saturated heterocycles. The molecule has 0 fully saturated rings. The number of benzene rings is 3. The average Bonchev–Trinajstić information content (AvgIpc) is 2.66. The molecule has 3 aromatic rings. The molecule has 27 heavy (non-hydrogen) atoms. The second kappa shape index (κ2) is 8.47. The lowest BCUT2D eigenvalue weighted by molar-refractivity contribution is 0.0955. The number of hydrogen-bond donors (Lipinski definition) is 2. The van der Waals surface area contributed by atoms with E-state index in [1.165, 1.54) is 30.5 Å². The third-order valence-corrected chi connectivity index (χ3v) is 4.29. The quantitative estimate of drug-likeness (QED) is 0.502. The SMILES string of the molecule is O=C(N/N=C\c1cc(Cc2ccccc2Cl)ccc1O)c1ccc(F)cc1. The Balaban J connectivity index is 1.70. The topological polar surface area (TPSA) is 61.7 Å². The molecule has 2 N–H and O–H groups in total. The van der Waals surface area contributed by atoms with Gasteiger partial charge in [-0.05, 0) is 60.0 Å². The van der Waals surface area contributed by atoms with Crippen LogP contribution in [0.1, 0.15) is 27.0 Å². The molecule has 0 bridgehead atoms. The summed E-state index contributed by atoms with van der Waals surface area (Å²) in [6.07, 6.45) is 1.95. The smallest absolute Gasteiger partial charge is 0.271 e. The van der Waals surface area contributed by atoms with Gasteiger partial charge in [-0.3, -0.25) is 4.79 Å². The van der Waals surface area contributed by atoms with Crippen molar-refractivity contribution >= 4 is 23.7 Å². The summed E-state index contributed by atoms with van der Waals surface area (Å²) in [6, 6.07) is 17.8. The summed E-state index contributed by atoms with van der Waals surface area (Å²) in [5.41, 5.74) is 5.00. The maximum absolute atomic E-state index is 12.9. The van der Waals surface area contributed by atoms with Gasteiger partial charge in [-0.2, -0.15) is 5.10 Å². The Hall–Kier alpha value is -3.18. The zero-order chi connectivity index (χ0) is 19.2. The molecular weight excluding hydrogens is 367 g/mol. The Morgan fingerprint density at radius 2 is 1.85 bits per heavy atom. The van der Waals surface area contributed by atoms with Gasteiger partial charge in [-0.25, -0.2) is 9.82 Å². The second-order valence-electron chi connectivity index (χ2n) is 5.87. The van der Waals surface area contributed by atoms with E-state index in [-0.39, 0.29) is 11.3 Å². The van der Waals surface area contributed by atoms with Gasteiger partial charge >= 0.3 is 0 Å². The number of phenolic OH excluding ortho intramolecular Hbond substituents is 1. The van der Waals surface area contributed by atoms with E-state index in [1.807, 2.05) is 24.3 Å². The zero-order valence-corrected chi connectivity index (χ0v) is 14.9. The van der Waals surface area contributed by atoms with Crippen LogP contribution in [0.5, 0.6) is 5.75 Å². The maximum atomic E-state index is 12.9. The Labute approximate surface area is 160 Å². The van der Waals surface area contributed by atoms with E-state index in [2.05, 4.69) is 10.5 Å². The lowest BCUT2D eigenvalue weighted by Crippen LogP contribution is -2.17. The molecule has 1 amide bonds. The number of hydrazone groups is 1. The Morgan fingerprint density at radius 3 is 2.59 bits per heavy atom. The fourth-order valence-electron chi connectivity index (χ4n) is 2.51. The summed E-state index contributed by atoms with van der Waals surface area (Å²) >= 11 is 6.18. The van der Waals surface area contributed by atoms with Gasteiger partial charge in [0.15, 0.2) is 0 Å². The van der Waals surface area contributed by atoms with E-state index >= 15 is 0 Å². The van der Waals surface area contributed by atoms with Crippen LogP contribution in [0.25, 0.3) is 0 Å². The predicted octanol–water partition coefficient (Wildman–Crippen LogP) is 4.54. The highest BCUT2D eigenvalue weighted by Crippen LogP contribution is 2.22. The normalized spacial score (nSPS) is 10.9. The second-order valence-corrected chi connectivity index (χ2v) is 6.27. The van der Waals surface area contributed by atoms with Gasteiger partial charge < -0.3 is 5.11 Å². The predicted molar refractivity (Wildman–Crippen MR) is 104 cm³/mol. The average molecular weight is 383 g/mol. The highest BCUT2D eigenvalue weighted by molar-refractivity contribution is 6.31. The van der Waals surface area contributed by atoms with Crippen molar-refractivity contribution in [3.05, 3.63) is 99.8 Å². The highest BCUT2D eigenvalue weighted by Gasteiger charge is 2.06. The van der Waals surface area contributed by atoms with Crippen LogP contribution in [0.2, 0.25) is 5.02 Å². The molecule has 0 aliphatic rings. The minimum absolute atomic E-state index is 0.0395. The Morgan fingerprint density at radius 1 is 1.11 bits per heavy atom. The third-order valence-electron chi connectivity index (χ3n) is 3.92. The molecule has 3 aromatic carbocycles. The summed E-state index contributed by atoms with van der Waals surface area (Å²) in [4.78, 5) is 12.0. The first-order chi connectivity index (χ1) is 13.0. The molecule has 136 valence electrons. The van der Waals surface area contributed by atoms with Crippen LogP contribution in [-0.4, -0.2) is 17.2 Å². The van der Waals surface area contributed by atoms with Crippen LogP contribution in [0.15, 0.2) is 71.8 Å². The number of halogens is 2. The molecule has 0 atom stereocenters. The molecule has 0 spiro atoms. The molecule has 0 radical (unpaired) electrons. The number of aromatic hydroxyl groups is 1. The van der Waals surface area contributed by atoms with Crippen molar-refractivity contribution in [2.24, 2.45) is 5.10 Å². The van der Waals surface area contributed by atoms with Gasteiger partial charge in [-0.15, -0.1) is 0 Å². The molecular formula is C21H16ClFN2O2. The number of carbonyl (C=O) groups excluding carboxylic acids is 1. The summed E-state index contributed by atoms with van der Waals surface area (Å²) in [7, 11) is 0. The molecule has 0 saturated carbocycles. The minimum Gasteiger partial charge on any atom is -0.507 e. The molecule has 6 heteroatoms. The van der Waals surface area contributed by atoms with Gasteiger partial charge in [0.25, 0.3) is 5.91 Å². The Kier molecular flexibility index (Phi) is 5.84. The fraction of sp³-hybridized carbons (Fsp3) is 0.0476. The minimum atomic E-state index is -0.474. The van der Waals surface area contributed by atoms with Crippen molar-refractivity contribution in [3.63, 3.8) is 0 Å². The van der Waals surface area contributed by atoms with Gasteiger partial charge in [0.2, 0.25) is 0 Å². The summed E-state index contributed by atoms with van der Waals surface area (Å²) in [5, 5.41) is 14.5. The van der Waals surface area contributed by atoms with Gasteiger partial charge in [0.05, 0.1) is 6.21 Å². The monoisotopic (exact) mass is 382 g/mol. The number of phenols is 1. The largest absolute Gasteiger partial charge is 0.507 e. The summed E-state index contributed by atoms with van der Waals surface area (Å²) in [5.74, 6) is -0.856. The van der Waals surface area contributed by atoms with Crippen molar-refractivity contribution in [1.29, 1.82) is 0 Å². The number of amides is 1. The number of rotatable bonds is 5. The van der Waals surface area contributed by atoms with E-state index in [0.717, 1.165) is 11.1 Å². The number of hydrogen-bond acceptors (Lipinski definition) is 3. The first-order valence-corrected chi connectivity index (χ1v) is 8.55.